The molecule has 2 aromatic rings. The smallest absolute Gasteiger partial charge is 0.128 e. The van der Waals surface area contributed by atoms with E-state index in [0.717, 1.165) is 5.82 Å². The van der Waals surface area contributed by atoms with E-state index in [4.69, 9.17) is 5.26 Å². The van der Waals surface area contributed by atoms with E-state index in [1.165, 1.54) is 12.1 Å². The molecule has 0 spiro atoms. The molecule has 0 aliphatic heterocycles. The molecule has 1 N–H and O–H groups in total. The van der Waals surface area contributed by atoms with Crippen LogP contribution in [0.2, 0.25) is 0 Å². The van der Waals surface area contributed by atoms with Crippen LogP contribution in [-0.2, 0) is 13.1 Å². The third-order valence-corrected chi connectivity index (χ3v) is 3.09. The van der Waals surface area contributed by atoms with E-state index in [1.807, 2.05) is 16.8 Å². The Morgan fingerprint density at radius 2 is 2.14 bits per heavy atom. The highest BCUT2D eigenvalue weighted by Crippen LogP contribution is 2.13. The van der Waals surface area contributed by atoms with Crippen LogP contribution in [0.15, 0.2) is 30.6 Å². The monoisotopic (exact) mass is 286 g/mol. The lowest BCUT2D eigenvalue weighted by Gasteiger charge is -2.20. The SMILES string of the molecule is CC(C)(C)NCc1nccn1Cc1cc(C#N)ccc1F. The zero-order chi connectivity index (χ0) is 15.5. The normalized spacial score (nSPS) is 11.4. The van der Waals surface area contributed by atoms with Crippen molar-refractivity contribution < 1.29 is 4.39 Å². The molecule has 1 aromatic heterocycles. The molecule has 0 radical (unpaired) electrons. The molecular weight excluding hydrogens is 267 g/mol. The van der Waals surface area contributed by atoms with Crippen LogP contribution in [0, 0.1) is 17.1 Å². The highest BCUT2D eigenvalue weighted by Gasteiger charge is 2.12. The molecule has 1 aromatic carbocycles. The predicted molar refractivity (Wildman–Crippen MR) is 79.0 cm³/mol. The number of nitriles is 1. The van der Waals surface area contributed by atoms with Crippen molar-refractivity contribution in [3.05, 3.63) is 53.4 Å². The van der Waals surface area contributed by atoms with Crippen LogP contribution in [0.3, 0.4) is 0 Å². The summed E-state index contributed by atoms with van der Waals surface area (Å²) in [6.45, 7) is 7.21. The lowest BCUT2D eigenvalue weighted by molar-refractivity contribution is 0.412. The highest BCUT2D eigenvalue weighted by atomic mass is 19.1. The first-order valence-corrected chi connectivity index (χ1v) is 6.82. The summed E-state index contributed by atoms with van der Waals surface area (Å²) >= 11 is 0. The lowest BCUT2D eigenvalue weighted by Crippen LogP contribution is -2.36. The number of aromatic nitrogens is 2. The number of rotatable bonds is 4. The molecule has 2 rings (SSSR count). The molecule has 1 heterocycles. The number of nitrogens with one attached hydrogen (secondary N) is 1. The maximum atomic E-state index is 13.8. The second-order valence-electron chi connectivity index (χ2n) is 5.99. The van der Waals surface area contributed by atoms with Gasteiger partial charge in [-0.15, -0.1) is 0 Å². The summed E-state index contributed by atoms with van der Waals surface area (Å²) < 4.78 is 15.7. The van der Waals surface area contributed by atoms with E-state index in [9.17, 15) is 4.39 Å². The Bertz CT molecular complexity index is 662. The Hall–Kier alpha value is -2.19. The zero-order valence-electron chi connectivity index (χ0n) is 12.5. The molecule has 0 fully saturated rings. The van der Waals surface area contributed by atoms with E-state index in [2.05, 4.69) is 31.1 Å². The summed E-state index contributed by atoms with van der Waals surface area (Å²) in [5, 5.41) is 12.3. The van der Waals surface area contributed by atoms with E-state index in [-0.39, 0.29) is 11.4 Å². The van der Waals surface area contributed by atoms with Crippen molar-refractivity contribution in [2.45, 2.75) is 39.4 Å². The number of hydrogen-bond acceptors (Lipinski definition) is 3. The van der Waals surface area contributed by atoms with E-state index in [0.29, 0.717) is 24.2 Å². The summed E-state index contributed by atoms with van der Waals surface area (Å²) in [4.78, 5) is 4.30. The van der Waals surface area contributed by atoms with Crippen LogP contribution in [-0.4, -0.2) is 15.1 Å². The second kappa shape index (κ2) is 6.06. The van der Waals surface area contributed by atoms with Gasteiger partial charge in [0.25, 0.3) is 0 Å². The molecule has 0 bridgehead atoms. The molecule has 21 heavy (non-hydrogen) atoms. The Labute approximate surface area is 124 Å². The fourth-order valence-electron chi connectivity index (χ4n) is 1.94. The molecular formula is C16H19FN4. The largest absolute Gasteiger partial charge is 0.329 e. The van der Waals surface area contributed by atoms with Gasteiger partial charge in [-0.25, -0.2) is 9.37 Å². The van der Waals surface area contributed by atoms with E-state index < -0.39 is 0 Å². The van der Waals surface area contributed by atoms with Gasteiger partial charge in [0.2, 0.25) is 0 Å². The average molecular weight is 286 g/mol. The molecule has 0 aliphatic carbocycles. The minimum Gasteiger partial charge on any atom is -0.329 e. The van der Waals surface area contributed by atoms with Crippen molar-refractivity contribution in [3.8, 4) is 6.07 Å². The van der Waals surface area contributed by atoms with Gasteiger partial charge in [0.15, 0.2) is 0 Å². The van der Waals surface area contributed by atoms with Gasteiger partial charge < -0.3 is 9.88 Å². The summed E-state index contributed by atoms with van der Waals surface area (Å²) in [5.74, 6) is 0.532. The first kappa shape index (κ1) is 15.2. The number of hydrogen-bond donors (Lipinski definition) is 1. The molecule has 4 nitrogen and oxygen atoms in total. The van der Waals surface area contributed by atoms with E-state index in [1.54, 1.807) is 12.3 Å². The van der Waals surface area contributed by atoms with Gasteiger partial charge in [-0.3, -0.25) is 0 Å². The van der Waals surface area contributed by atoms with Crippen molar-refractivity contribution >= 4 is 0 Å². The molecule has 0 saturated carbocycles. The van der Waals surface area contributed by atoms with Crippen LogP contribution >= 0.6 is 0 Å². The first-order valence-electron chi connectivity index (χ1n) is 6.82. The maximum absolute atomic E-state index is 13.8. The second-order valence-corrected chi connectivity index (χ2v) is 5.99. The van der Waals surface area contributed by atoms with Gasteiger partial charge >= 0.3 is 0 Å². The fraction of sp³-hybridized carbons (Fsp3) is 0.375. The summed E-state index contributed by atoms with van der Waals surface area (Å²) in [6, 6.07) is 6.42. The van der Waals surface area contributed by atoms with Gasteiger partial charge in [-0.05, 0) is 39.0 Å². The third kappa shape index (κ3) is 4.14. The molecule has 0 saturated heterocycles. The highest BCUT2D eigenvalue weighted by molar-refractivity contribution is 5.34. The first-order chi connectivity index (χ1) is 9.89. The van der Waals surface area contributed by atoms with Gasteiger partial charge in [0.1, 0.15) is 11.6 Å². The van der Waals surface area contributed by atoms with Gasteiger partial charge in [0, 0.05) is 23.5 Å². The Balaban J connectivity index is 2.18. The number of benzene rings is 1. The van der Waals surface area contributed by atoms with Crippen molar-refractivity contribution in [1.82, 2.24) is 14.9 Å². The Morgan fingerprint density at radius 1 is 1.38 bits per heavy atom. The number of halogens is 1. The number of nitrogens with zero attached hydrogens (tertiary/aromatic N) is 3. The minimum absolute atomic E-state index is 0.0112. The van der Waals surface area contributed by atoms with Crippen molar-refractivity contribution in [1.29, 1.82) is 5.26 Å². The molecule has 110 valence electrons. The summed E-state index contributed by atoms with van der Waals surface area (Å²) in [5.41, 5.74) is 0.938. The van der Waals surface area contributed by atoms with Crippen molar-refractivity contribution in [3.63, 3.8) is 0 Å². The molecule has 5 heteroatoms. The van der Waals surface area contributed by atoms with Gasteiger partial charge in [0.05, 0.1) is 24.7 Å². The maximum Gasteiger partial charge on any atom is 0.128 e. The Morgan fingerprint density at radius 3 is 2.81 bits per heavy atom. The van der Waals surface area contributed by atoms with E-state index >= 15 is 0 Å². The van der Waals surface area contributed by atoms with Gasteiger partial charge in [-0.1, -0.05) is 0 Å². The van der Waals surface area contributed by atoms with Crippen LogP contribution in [0.1, 0.15) is 37.7 Å². The average Bonchev–Trinajstić information content (AvgIpc) is 2.85. The molecule has 0 amide bonds. The molecule has 0 aliphatic rings. The topological polar surface area (TPSA) is 53.6 Å². The van der Waals surface area contributed by atoms with Crippen molar-refractivity contribution in [2.24, 2.45) is 0 Å². The number of imidazole rings is 1. The minimum atomic E-state index is -0.308. The van der Waals surface area contributed by atoms with Crippen LogP contribution < -0.4 is 5.32 Å². The summed E-state index contributed by atoms with van der Waals surface area (Å²) in [6.07, 6.45) is 3.52. The fourth-order valence-corrected chi connectivity index (χ4v) is 1.94. The quantitative estimate of drug-likeness (QED) is 0.940. The third-order valence-electron chi connectivity index (χ3n) is 3.09. The standard InChI is InChI=1S/C16H19FN4/c1-16(2,3)20-10-15-19-6-7-21(15)11-13-8-12(9-18)4-5-14(13)17/h4-8,20H,10-11H2,1-3H3. The lowest BCUT2D eigenvalue weighted by atomic mass is 10.1. The summed E-state index contributed by atoms with van der Waals surface area (Å²) in [7, 11) is 0. The predicted octanol–water partition coefficient (Wildman–Crippen LogP) is 2.83. The van der Waals surface area contributed by atoms with Crippen LogP contribution in [0.25, 0.3) is 0 Å². The van der Waals surface area contributed by atoms with Crippen molar-refractivity contribution in [2.75, 3.05) is 0 Å². The van der Waals surface area contributed by atoms with Crippen LogP contribution in [0.4, 0.5) is 4.39 Å². The van der Waals surface area contributed by atoms with Crippen LogP contribution in [0.5, 0.6) is 0 Å². The molecule has 0 atom stereocenters. The molecule has 0 unspecified atom stereocenters. The zero-order valence-corrected chi connectivity index (χ0v) is 12.5. The van der Waals surface area contributed by atoms with Gasteiger partial charge in [-0.2, -0.15) is 5.26 Å². The Kier molecular flexibility index (Phi) is 4.39.